The van der Waals surface area contributed by atoms with Gasteiger partial charge in [-0.3, -0.25) is 0 Å². The topological polar surface area (TPSA) is 0 Å². The Bertz CT molecular complexity index is 169. The maximum absolute atomic E-state index is 2.50. The Labute approximate surface area is 123 Å². The van der Waals surface area contributed by atoms with E-state index in [2.05, 4.69) is 32.4 Å². The summed E-state index contributed by atoms with van der Waals surface area (Å²) >= 11 is 0. The lowest BCUT2D eigenvalue weighted by Crippen LogP contribution is -1.81. The normalized spacial score (nSPS) is 11.5. The van der Waals surface area contributed by atoms with E-state index in [4.69, 9.17) is 0 Å². The average Bonchev–Trinajstić information content (AvgIpc) is 2.43. The van der Waals surface area contributed by atoms with Gasteiger partial charge in [-0.15, -0.1) is 0 Å². The third-order valence-corrected chi connectivity index (χ3v) is 3.68. The Morgan fingerprint density at radius 3 is 1.47 bits per heavy atom. The van der Waals surface area contributed by atoms with Crippen LogP contribution in [0.4, 0.5) is 0 Å². The second kappa shape index (κ2) is 17.7. The Balaban J connectivity index is 2.99. The fourth-order valence-electron chi connectivity index (χ4n) is 2.34. The van der Waals surface area contributed by atoms with Crippen molar-refractivity contribution >= 4 is 0 Å². The first kappa shape index (κ1) is 18.7. The van der Waals surface area contributed by atoms with Crippen LogP contribution in [-0.2, 0) is 0 Å². The molecule has 0 unspecified atom stereocenters. The van der Waals surface area contributed by atoms with Gasteiger partial charge in [0.05, 0.1) is 0 Å². The van der Waals surface area contributed by atoms with Crippen LogP contribution in [0, 0.1) is 6.42 Å². The lowest BCUT2D eigenvalue weighted by molar-refractivity contribution is 0.641. The predicted octanol–water partition coefficient (Wildman–Crippen LogP) is 7.25. The number of unbranched alkanes of at least 4 members (excludes halogenated alkanes) is 13. The molecule has 0 fully saturated rings. The molecule has 0 N–H and O–H groups in total. The molecular formula is C19H37. The lowest BCUT2D eigenvalue weighted by Gasteiger charge is -2.00. The Kier molecular flexibility index (Phi) is 17.5. The Hall–Kier alpha value is -0.260. The van der Waals surface area contributed by atoms with Crippen molar-refractivity contribution in [3.63, 3.8) is 0 Å². The van der Waals surface area contributed by atoms with Crippen LogP contribution in [-0.4, -0.2) is 0 Å². The zero-order valence-corrected chi connectivity index (χ0v) is 13.6. The molecule has 0 heterocycles. The summed E-state index contributed by atoms with van der Waals surface area (Å²) in [7, 11) is 0. The SMILES string of the molecule is CCCCC[CH]CCCCCC=CCCCCCC. The maximum atomic E-state index is 2.50. The smallest absolute Gasteiger partial charge is 0.0351 e. The van der Waals surface area contributed by atoms with E-state index >= 15 is 0 Å². The van der Waals surface area contributed by atoms with Gasteiger partial charge in [0, 0.05) is 0 Å². The minimum atomic E-state index is 1.30. The molecule has 0 aliphatic rings. The van der Waals surface area contributed by atoms with E-state index in [9.17, 15) is 0 Å². The summed E-state index contributed by atoms with van der Waals surface area (Å²) < 4.78 is 0. The number of hydrogen-bond acceptors (Lipinski definition) is 0. The second-order valence-electron chi connectivity index (χ2n) is 5.74. The van der Waals surface area contributed by atoms with Crippen molar-refractivity contribution in [3.05, 3.63) is 18.6 Å². The summed E-state index contributed by atoms with van der Waals surface area (Å²) in [6, 6.07) is 0. The van der Waals surface area contributed by atoms with Crippen LogP contribution in [0.2, 0.25) is 0 Å². The fraction of sp³-hybridized carbons (Fsp3) is 0.842. The molecule has 1 radical (unpaired) electrons. The van der Waals surface area contributed by atoms with Crippen LogP contribution >= 0.6 is 0 Å². The molecular weight excluding hydrogens is 228 g/mol. The van der Waals surface area contributed by atoms with Crippen molar-refractivity contribution in [1.29, 1.82) is 0 Å². The van der Waals surface area contributed by atoms with Gasteiger partial charge >= 0.3 is 0 Å². The summed E-state index contributed by atoms with van der Waals surface area (Å²) in [6.07, 6.45) is 26.4. The summed E-state index contributed by atoms with van der Waals surface area (Å²) in [5.41, 5.74) is 0. The monoisotopic (exact) mass is 265 g/mol. The van der Waals surface area contributed by atoms with Gasteiger partial charge in [-0.1, -0.05) is 90.2 Å². The van der Waals surface area contributed by atoms with Gasteiger partial charge in [-0.05, 0) is 32.1 Å². The van der Waals surface area contributed by atoms with Gasteiger partial charge in [-0.25, -0.2) is 0 Å². The highest BCUT2D eigenvalue weighted by atomic mass is 14.0. The van der Waals surface area contributed by atoms with E-state index in [1.807, 2.05) is 0 Å². The molecule has 0 nitrogen and oxygen atoms in total. The molecule has 0 aliphatic heterocycles. The lowest BCUT2D eigenvalue weighted by atomic mass is 10.1. The van der Waals surface area contributed by atoms with Crippen LogP contribution in [0.15, 0.2) is 12.2 Å². The number of rotatable bonds is 15. The Morgan fingerprint density at radius 2 is 0.895 bits per heavy atom. The standard InChI is InChI=1S/C19H37/c1-3-5-7-9-11-13-15-17-19-18-16-14-12-10-8-6-4-2/h11,14,16H,3-10,12-13,15,17-19H2,1-2H3. The molecule has 0 saturated carbocycles. The van der Waals surface area contributed by atoms with Crippen molar-refractivity contribution in [1.82, 2.24) is 0 Å². The molecule has 0 atom stereocenters. The van der Waals surface area contributed by atoms with Crippen LogP contribution in [0.3, 0.4) is 0 Å². The number of allylic oxidation sites excluding steroid dienone is 2. The molecule has 0 aromatic heterocycles. The average molecular weight is 266 g/mol. The highest BCUT2D eigenvalue weighted by Crippen LogP contribution is 2.10. The van der Waals surface area contributed by atoms with Gasteiger partial charge in [0.2, 0.25) is 0 Å². The van der Waals surface area contributed by atoms with Gasteiger partial charge in [-0.2, -0.15) is 0 Å². The highest BCUT2D eigenvalue weighted by Gasteiger charge is 1.91. The highest BCUT2D eigenvalue weighted by molar-refractivity contribution is 4.81. The largest absolute Gasteiger partial charge is 0.0885 e. The molecule has 113 valence electrons. The van der Waals surface area contributed by atoms with E-state index in [0.717, 1.165) is 0 Å². The van der Waals surface area contributed by atoms with E-state index in [0.29, 0.717) is 0 Å². The first-order chi connectivity index (χ1) is 9.41. The van der Waals surface area contributed by atoms with Crippen LogP contribution in [0.25, 0.3) is 0 Å². The van der Waals surface area contributed by atoms with Crippen molar-refractivity contribution in [2.75, 3.05) is 0 Å². The van der Waals surface area contributed by atoms with Crippen molar-refractivity contribution in [2.45, 2.75) is 104 Å². The van der Waals surface area contributed by atoms with Gasteiger partial charge in [0.25, 0.3) is 0 Å². The predicted molar refractivity (Wildman–Crippen MR) is 89.4 cm³/mol. The fourth-order valence-corrected chi connectivity index (χ4v) is 2.34. The van der Waals surface area contributed by atoms with Gasteiger partial charge < -0.3 is 0 Å². The minimum Gasteiger partial charge on any atom is -0.0885 e. The van der Waals surface area contributed by atoms with Crippen LogP contribution < -0.4 is 0 Å². The van der Waals surface area contributed by atoms with Crippen LogP contribution in [0.1, 0.15) is 104 Å². The van der Waals surface area contributed by atoms with E-state index in [-0.39, 0.29) is 0 Å². The number of hydrogen-bond donors (Lipinski definition) is 0. The van der Waals surface area contributed by atoms with Crippen molar-refractivity contribution in [2.24, 2.45) is 0 Å². The molecule has 0 aromatic rings. The summed E-state index contributed by atoms with van der Waals surface area (Å²) in [5, 5.41) is 0. The van der Waals surface area contributed by atoms with Crippen LogP contribution in [0.5, 0.6) is 0 Å². The summed E-state index contributed by atoms with van der Waals surface area (Å²) in [6.45, 7) is 4.55. The zero-order valence-electron chi connectivity index (χ0n) is 13.6. The summed E-state index contributed by atoms with van der Waals surface area (Å²) in [5.74, 6) is 0. The van der Waals surface area contributed by atoms with Crippen molar-refractivity contribution in [3.8, 4) is 0 Å². The van der Waals surface area contributed by atoms with E-state index in [1.54, 1.807) is 0 Å². The summed E-state index contributed by atoms with van der Waals surface area (Å²) in [4.78, 5) is 0. The Morgan fingerprint density at radius 1 is 0.474 bits per heavy atom. The zero-order chi connectivity index (χ0) is 14.0. The molecule has 0 aromatic carbocycles. The second-order valence-corrected chi connectivity index (χ2v) is 5.74. The molecule has 0 rings (SSSR count). The molecule has 19 heavy (non-hydrogen) atoms. The quantitative estimate of drug-likeness (QED) is 0.216. The molecule has 0 heteroatoms. The molecule has 0 spiro atoms. The third-order valence-electron chi connectivity index (χ3n) is 3.68. The van der Waals surface area contributed by atoms with Gasteiger partial charge in [0.1, 0.15) is 0 Å². The van der Waals surface area contributed by atoms with E-state index < -0.39 is 0 Å². The molecule has 0 saturated heterocycles. The third kappa shape index (κ3) is 17.7. The van der Waals surface area contributed by atoms with Gasteiger partial charge in [0.15, 0.2) is 0 Å². The van der Waals surface area contributed by atoms with Crippen molar-refractivity contribution < 1.29 is 0 Å². The first-order valence-corrected chi connectivity index (χ1v) is 8.88. The maximum Gasteiger partial charge on any atom is -0.0351 e. The molecule has 0 bridgehead atoms. The minimum absolute atomic E-state index is 1.30. The molecule has 0 aliphatic carbocycles. The first-order valence-electron chi connectivity index (χ1n) is 8.88. The van der Waals surface area contributed by atoms with E-state index in [1.165, 1.54) is 89.9 Å². The molecule has 0 amide bonds.